The highest BCUT2D eigenvalue weighted by atomic mass is 16.1. The second kappa shape index (κ2) is 8.63. The number of nitriles is 1. The van der Waals surface area contributed by atoms with Crippen LogP contribution in [-0.2, 0) is 12.0 Å². The average Bonchev–Trinajstić information content (AvgIpc) is 3.39. The number of nitrogens with one attached hydrogen (secondary N) is 1. The summed E-state index contributed by atoms with van der Waals surface area (Å²) in [5.74, 6) is 0.616. The Balaban J connectivity index is 1.46. The van der Waals surface area contributed by atoms with E-state index in [1.165, 1.54) is 16.4 Å². The van der Waals surface area contributed by atoms with Crippen molar-refractivity contribution >= 4 is 17.5 Å². The standard InChI is InChI=1S/C25H25N7O/c1-25(2,3)20-8-4-17(5-9-20)16-31-22(12-13-28-31)30-24(33)18-6-10-21(11-7-18)32-23(27)19(14-26)15-29-32/h4-13,15H,16,27H2,1-3H3,(H,30,33). The number of carbonyl (C=O) groups is 1. The number of rotatable bonds is 5. The highest BCUT2D eigenvalue weighted by Gasteiger charge is 2.14. The van der Waals surface area contributed by atoms with Crippen LogP contribution < -0.4 is 11.1 Å². The molecule has 2 aromatic carbocycles. The number of anilines is 2. The van der Waals surface area contributed by atoms with Gasteiger partial charge in [0.2, 0.25) is 0 Å². The van der Waals surface area contributed by atoms with Gasteiger partial charge in [0.25, 0.3) is 5.91 Å². The zero-order valence-corrected chi connectivity index (χ0v) is 18.8. The van der Waals surface area contributed by atoms with Crippen molar-refractivity contribution in [2.75, 3.05) is 11.1 Å². The average molecular weight is 440 g/mol. The molecule has 8 heteroatoms. The van der Waals surface area contributed by atoms with Crippen LogP contribution in [0.5, 0.6) is 0 Å². The predicted molar refractivity (Wildman–Crippen MR) is 127 cm³/mol. The molecule has 2 heterocycles. The molecule has 0 saturated heterocycles. The summed E-state index contributed by atoms with van der Waals surface area (Å²) >= 11 is 0. The summed E-state index contributed by atoms with van der Waals surface area (Å²) in [5, 5.41) is 20.4. The molecular formula is C25H25N7O. The van der Waals surface area contributed by atoms with Gasteiger partial charge in [-0.1, -0.05) is 45.0 Å². The van der Waals surface area contributed by atoms with Gasteiger partial charge in [-0.3, -0.25) is 4.79 Å². The highest BCUT2D eigenvalue weighted by molar-refractivity contribution is 6.03. The molecule has 3 N–H and O–H groups in total. The van der Waals surface area contributed by atoms with Crippen LogP contribution in [0, 0.1) is 11.3 Å². The summed E-state index contributed by atoms with van der Waals surface area (Å²) in [6.45, 7) is 7.10. The Bertz CT molecular complexity index is 1320. The van der Waals surface area contributed by atoms with Crippen LogP contribution in [0.4, 0.5) is 11.6 Å². The highest BCUT2D eigenvalue weighted by Crippen LogP contribution is 2.23. The van der Waals surface area contributed by atoms with Gasteiger partial charge in [0, 0.05) is 11.6 Å². The Morgan fingerprint density at radius 1 is 1.06 bits per heavy atom. The lowest BCUT2D eigenvalue weighted by Gasteiger charge is -2.19. The third-order valence-electron chi connectivity index (χ3n) is 5.41. The van der Waals surface area contributed by atoms with Crippen molar-refractivity contribution in [2.45, 2.75) is 32.7 Å². The Morgan fingerprint density at radius 2 is 1.76 bits per heavy atom. The zero-order chi connectivity index (χ0) is 23.6. The molecule has 4 aromatic rings. The van der Waals surface area contributed by atoms with Gasteiger partial charge in [0.05, 0.1) is 24.6 Å². The van der Waals surface area contributed by atoms with Gasteiger partial charge in [-0.2, -0.15) is 15.5 Å². The zero-order valence-electron chi connectivity index (χ0n) is 18.8. The van der Waals surface area contributed by atoms with E-state index in [0.717, 1.165) is 5.56 Å². The van der Waals surface area contributed by atoms with Crippen molar-refractivity contribution in [1.82, 2.24) is 19.6 Å². The first-order valence-corrected chi connectivity index (χ1v) is 10.5. The van der Waals surface area contributed by atoms with E-state index in [1.54, 1.807) is 41.2 Å². The van der Waals surface area contributed by atoms with E-state index in [4.69, 9.17) is 11.0 Å². The number of carbonyl (C=O) groups excluding carboxylic acids is 1. The van der Waals surface area contributed by atoms with Crippen LogP contribution in [0.25, 0.3) is 5.69 Å². The van der Waals surface area contributed by atoms with Crippen molar-refractivity contribution in [3.05, 3.63) is 89.2 Å². The minimum absolute atomic E-state index is 0.0973. The summed E-state index contributed by atoms with van der Waals surface area (Å²) in [5.41, 5.74) is 9.84. The smallest absolute Gasteiger partial charge is 0.256 e. The minimum Gasteiger partial charge on any atom is -0.382 e. The number of amides is 1. The summed E-state index contributed by atoms with van der Waals surface area (Å²) in [4.78, 5) is 12.8. The maximum atomic E-state index is 12.8. The molecule has 0 fully saturated rings. The van der Waals surface area contributed by atoms with Crippen molar-refractivity contribution in [3.8, 4) is 11.8 Å². The van der Waals surface area contributed by atoms with E-state index in [9.17, 15) is 4.79 Å². The fraction of sp³-hybridized carbons (Fsp3) is 0.200. The number of aromatic nitrogens is 4. The normalized spacial score (nSPS) is 11.2. The van der Waals surface area contributed by atoms with Gasteiger partial charge in [0.15, 0.2) is 0 Å². The van der Waals surface area contributed by atoms with Gasteiger partial charge in [-0.25, -0.2) is 9.36 Å². The molecule has 0 radical (unpaired) electrons. The molecule has 0 saturated carbocycles. The summed E-state index contributed by atoms with van der Waals surface area (Å²) in [6.07, 6.45) is 3.07. The predicted octanol–water partition coefficient (Wildman–Crippen LogP) is 4.12. The maximum Gasteiger partial charge on any atom is 0.256 e. The molecule has 0 unspecified atom stereocenters. The molecule has 0 atom stereocenters. The second-order valence-electron chi connectivity index (χ2n) is 8.79. The van der Waals surface area contributed by atoms with Crippen LogP contribution in [0.1, 0.15) is 47.8 Å². The Morgan fingerprint density at radius 3 is 2.36 bits per heavy atom. The lowest BCUT2D eigenvalue weighted by Crippen LogP contribution is -2.16. The van der Waals surface area contributed by atoms with Gasteiger partial charge in [0.1, 0.15) is 23.3 Å². The number of hydrogen-bond donors (Lipinski definition) is 2. The lowest BCUT2D eigenvalue weighted by molar-refractivity contribution is 0.102. The monoisotopic (exact) mass is 439 g/mol. The van der Waals surface area contributed by atoms with Gasteiger partial charge in [-0.15, -0.1) is 0 Å². The van der Waals surface area contributed by atoms with Gasteiger partial charge >= 0.3 is 0 Å². The second-order valence-corrected chi connectivity index (χ2v) is 8.79. The fourth-order valence-corrected chi connectivity index (χ4v) is 3.44. The minimum atomic E-state index is -0.252. The molecule has 2 aromatic heterocycles. The Labute approximate surface area is 192 Å². The van der Waals surface area contributed by atoms with Crippen molar-refractivity contribution in [1.29, 1.82) is 5.26 Å². The molecule has 0 aliphatic carbocycles. The third-order valence-corrected chi connectivity index (χ3v) is 5.41. The van der Waals surface area contributed by atoms with Gasteiger partial charge in [-0.05, 0) is 40.8 Å². The van der Waals surface area contributed by atoms with Crippen LogP contribution in [0.15, 0.2) is 67.0 Å². The first-order chi connectivity index (χ1) is 15.8. The van der Waals surface area contributed by atoms with Crippen molar-refractivity contribution in [3.63, 3.8) is 0 Å². The molecule has 0 aliphatic heterocycles. The topological polar surface area (TPSA) is 115 Å². The molecule has 0 bridgehead atoms. The molecular weight excluding hydrogens is 414 g/mol. The fourth-order valence-electron chi connectivity index (χ4n) is 3.44. The van der Waals surface area contributed by atoms with Crippen molar-refractivity contribution < 1.29 is 4.79 Å². The number of benzene rings is 2. The Kier molecular flexibility index (Phi) is 5.71. The van der Waals surface area contributed by atoms with E-state index in [1.807, 2.05) is 6.07 Å². The molecule has 1 amide bonds. The molecule has 4 rings (SSSR count). The van der Waals surface area contributed by atoms with Crippen LogP contribution in [0.2, 0.25) is 0 Å². The van der Waals surface area contributed by atoms with Crippen LogP contribution >= 0.6 is 0 Å². The summed E-state index contributed by atoms with van der Waals surface area (Å²) in [7, 11) is 0. The maximum absolute atomic E-state index is 12.8. The summed E-state index contributed by atoms with van der Waals surface area (Å²) < 4.78 is 3.21. The number of hydrogen-bond acceptors (Lipinski definition) is 5. The van der Waals surface area contributed by atoms with E-state index in [-0.39, 0.29) is 17.1 Å². The first-order valence-electron chi connectivity index (χ1n) is 10.5. The number of nitrogen functional groups attached to an aromatic ring is 1. The quantitative estimate of drug-likeness (QED) is 0.485. The molecule has 0 aliphatic rings. The van der Waals surface area contributed by atoms with E-state index in [2.05, 4.69) is 60.6 Å². The lowest BCUT2D eigenvalue weighted by atomic mass is 9.87. The van der Waals surface area contributed by atoms with Crippen LogP contribution in [-0.4, -0.2) is 25.5 Å². The number of nitrogens with two attached hydrogens (primary N) is 1. The summed E-state index contributed by atoms with van der Waals surface area (Å²) in [6, 6.07) is 19.0. The largest absolute Gasteiger partial charge is 0.382 e. The molecule has 33 heavy (non-hydrogen) atoms. The first kappa shape index (κ1) is 21.8. The third kappa shape index (κ3) is 4.62. The van der Waals surface area contributed by atoms with Crippen LogP contribution in [0.3, 0.4) is 0 Å². The Hall–Kier alpha value is -4.38. The molecule has 8 nitrogen and oxygen atoms in total. The SMILES string of the molecule is CC(C)(C)c1ccc(Cn2nccc2NC(=O)c2ccc(-n3ncc(C#N)c3N)cc2)cc1. The van der Waals surface area contributed by atoms with E-state index < -0.39 is 0 Å². The number of nitrogens with zero attached hydrogens (tertiary/aromatic N) is 5. The van der Waals surface area contributed by atoms with E-state index in [0.29, 0.717) is 29.2 Å². The van der Waals surface area contributed by atoms with Gasteiger partial charge < -0.3 is 11.1 Å². The molecule has 0 spiro atoms. The molecule has 166 valence electrons. The van der Waals surface area contributed by atoms with E-state index >= 15 is 0 Å². The van der Waals surface area contributed by atoms with Crippen molar-refractivity contribution in [2.24, 2.45) is 0 Å².